The number of nitrogens with one attached hydrogen (secondary N) is 2. The second kappa shape index (κ2) is 10.2. The topological polar surface area (TPSA) is 67.4 Å². The maximum atomic E-state index is 12.3. The summed E-state index contributed by atoms with van der Waals surface area (Å²) in [6.45, 7) is 5.45. The Kier molecular flexibility index (Phi) is 7.42. The van der Waals surface area contributed by atoms with Crippen LogP contribution in [-0.4, -0.2) is 18.4 Å². The zero-order valence-electron chi connectivity index (χ0n) is 17.2. The Hall–Kier alpha value is -2.66. The minimum absolute atomic E-state index is 0.0113. The van der Waals surface area contributed by atoms with Crippen molar-refractivity contribution >= 4 is 17.6 Å². The lowest BCUT2D eigenvalue weighted by Crippen LogP contribution is -2.25. The fourth-order valence-electron chi connectivity index (χ4n) is 3.91. The highest BCUT2D eigenvalue weighted by molar-refractivity contribution is 5.95. The average molecular weight is 395 g/mol. The van der Waals surface area contributed by atoms with Gasteiger partial charge in [0.1, 0.15) is 5.75 Å². The van der Waals surface area contributed by atoms with Crippen LogP contribution >= 0.6 is 0 Å². The Morgan fingerprint density at radius 2 is 1.76 bits per heavy atom. The highest BCUT2D eigenvalue weighted by atomic mass is 16.6. The Labute approximate surface area is 172 Å². The minimum Gasteiger partial charge on any atom is -0.410 e. The van der Waals surface area contributed by atoms with Crippen molar-refractivity contribution in [2.24, 2.45) is 11.8 Å². The summed E-state index contributed by atoms with van der Waals surface area (Å²) in [6, 6.07) is 14.3. The van der Waals surface area contributed by atoms with E-state index >= 15 is 0 Å². The molecule has 1 aliphatic carbocycles. The summed E-state index contributed by atoms with van der Waals surface area (Å²) in [6.07, 6.45) is 4.86. The first-order chi connectivity index (χ1) is 14.0. The number of para-hydroxylation sites is 1. The number of Topliss-reactive ketones (excluding diaryl/α,β-unsaturated/α-hetero) is 1. The Balaban J connectivity index is 1.52. The van der Waals surface area contributed by atoms with E-state index in [1.807, 2.05) is 18.2 Å². The zero-order chi connectivity index (χ0) is 20.6. The molecule has 0 radical (unpaired) electrons. The Bertz CT molecular complexity index is 826. The molecular formula is C24H30N2O3. The summed E-state index contributed by atoms with van der Waals surface area (Å²) in [4.78, 5) is 23.6. The first-order valence-electron chi connectivity index (χ1n) is 10.4. The van der Waals surface area contributed by atoms with Crippen molar-refractivity contribution in [3.8, 4) is 5.75 Å². The third kappa shape index (κ3) is 6.16. The molecule has 2 aromatic rings. The lowest BCUT2D eigenvalue weighted by molar-refractivity contribution is 0.101. The van der Waals surface area contributed by atoms with E-state index in [-0.39, 0.29) is 5.78 Å². The van der Waals surface area contributed by atoms with E-state index < -0.39 is 6.09 Å². The molecule has 2 N–H and O–H groups in total. The highest BCUT2D eigenvalue weighted by Crippen LogP contribution is 2.30. The minimum atomic E-state index is -0.549. The molecule has 0 heterocycles. The normalized spacial score (nSPS) is 15.1. The van der Waals surface area contributed by atoms with Crippen LogP contribution in [0.3, 0.4) is 0 Å². The van der Waals surface area contributed by atoms with Crippen molar-refractivity contribution in [3.63, 3.8) is 0 Å². The van der Waals surface area contributed by atoms with Crippen molar-refractivity contribution in [3.05, 3.63) is 59.7 Å². The lowest BCUT2D eigenvalue weighted by atomic mass is 9.92. The van der Waals surface area contributed by atoms with Crippen molar-refractivity contribution in [2.75, 3.05) is 11.9 Å². The molecule has 0 saturated heterocycles. The molecule has 2 aromatic carbocycles. The zero-order valence-corrected chi connectivity index (χ0v) is 17.2. The van der Waals surface area contributed by atoms with Gasteiger partial charge in [-0.25, -0.2) is 4.79 Å². The molecule has 1 saturated carbocycles. The van der Waals surface area contributed by atoms with E-state index in [1.54, 1.807) is 30.3 Å². The third-order valence-electron chi connectivity index (χ3n) is 5.70. The van der Waals surface area contributed by atoms with E-state index in [0.29, 0.717) is 29.5 Å². The molecule has 5 heteroatoms. The molecule has 0 bridgehead atoms. The standard InChI is InChI=1S/C24H30N2O3/c1-17(19-7-3-4-8-19)15-25-16-21-9-5-6-10-23(21)29-24(28)26-22-13-11-20(12-14-22)18(2)27/h5-6,9-14,17,19,25H,3-4,7-8,15-16H2,1-2H3,(H,26,28). The van der Waals surface area contributed by atoms with Crippen LogP contribution in [0.15, 0.2) is 48.5 Å². The monoisotopic (exact) mass is 394 g/mol. The number of amides is 1. The number of rotatable bonds is 8. The number of anilines is 1. The van der Waals surface area contributed by atoms with Crippen LogP contribution in [0.25, 0.3) is 0 Å². The van der Waals surface area contributed by atoms with Gasteiger partial charge in [-0.3, -0.25) is 10.1 Å². The van der Waals surface area contributed by atoms with Crippen LogP contribution in [0.1, 0.15) is 55.5 Å². The van der Waals surface area contributed by atoms with Crippen LogP contribution in [0.2, 0.25) is 0 Å². The highest BCUT2D eigenvalue weighted by Gasteiger charge is 2.21. The lowest BCUT2D eigenvalue weighted by Gasteiger charge is -2.19. The van der Waals surface area contributed by atoms with E-state index in [9.17, 15) is 9.59 Å². The number of hydrogen-bond donors (Lipinski definition) is 2. The van der Waals surface area contributed by atoms with Gasteiger partial charge in [0.2, 0.25) is 0 Å². The number of ether oxygens (including phenoxy) is 1. The number of carbonyl (C=O) groups excluding carboxylic acids is 2. The molecule has 0 aliphatic heterocycles. The molecule has 1 amide bonds. The molecule has 0 spiro atoms. The SMILES string of the molecule is CC(=O)c1ccc(NC(=O)Oc2ccccc2CNCC(C)C2CCCC2)cc1. The molecule has 3 rings (SSSR count). The van der Waals surface area contributed by atoms with E-state index in [1.165, 1.54) is 32.6 Å². The van der Waals surface area contributed by atoms with Gasteiger partial charge in [-0.15, -0.1) is 0 Å². The van der Waals surface area contributed by atoms with Gasteiger partial charge in [0.25, 0.3) is 0 Å². The Morgan fingerprint density at radius 1 is 1.07 bits per heavy atom. The number of hydrogen-bond acceptors (Lipinski definition) is 4. The van der Waals surface area contributed by atoms with Gasteiger partial charge in [0, 0.05) is 23.4 Å². The van der Waals surface area contributed by atoms with E-state index in [4.69, 9.17) is 4.74 Å². The summed E-state index contributed by atoms with van der Waals surface area (Å²) in [7, 11) is 0. The summed E-state index contributed by atoms with van der Waals surface area (Å²) in [5, 5.41) is 6.22. The van der Waals surface area contributed by atoms with Gasteiger partial charge >= 0.3 is 6.09 Å². The van der Waals surface area contributed by atoms with Crippen LogP contribution in [0, 0.1) is 11.8 Å². The molecule has 1 atom stereocenters. The first-order valence-corrected chi connectivity index (χ1v) is 10.4. The van der Waals surface area contributed by atoms with E-state index in [0.717, 1.165) is 18.0 Å². The molecule has 29 heavy (non-hydrogen) atoms. The summed E-state index contributed by atoms with van der Waals surface area (Å²) < 4.78 is 5.53. The van der Waals surface area contributed by atoms with Crippen LogP contribution in [-0.2, 0) is 6.54 Å². The van der Waals surface area contributed by atoms with Crippen LogP contribution in [0.4, 0.5) is 10.5 Å². The van der Waals surface area contributed by atoms with Crippen molar-refractivity contribution in [2.45, 2.75) is 46.1 Å². The predicted molar refractivity (Wildman–Crippen MR) is 115 cm³/mol. The van der Waals surface area contributed by atoms with Gasteiger partial charge in [-0.05, 0) is 55.6 Å². The van der Waals surface area contributed by atoms with Gasteiger partial charge in [-0.1, -0.05) is 50.8 Å². The Morgan fingerprint density at radius 3 is 2.45 bits per heavy atom. The van der Waals surface area contributed by atoms with Crippen molar-refractivity contribution in [1.29, 1.82) is 0 Å². The van der Waals surface area contributed by atoms with Gasteiger partial charge in [0.05, 0.1) is 0 Å². The summed E-state index contributed by atoms with van der Waals surface area (Å²) in [5.41, 5.74) is 2.14. The maximum Gasteiger partial charge on any atom is 0.417 e. The van der Waals surface area contributed by atoms with Crippen LogP contribution < -0.4 is 15.4 Å². The van der Waals surface area contributed by atoms with E-state index in [2.05, 4.69) is 17.6 Å². The molecule has 5 nitrogen and oxygen atoms in total. The number of carbonyl (C=O) groups is 2. The molecule has 1 aliphatic rings. The predicted octanol–water partition coefficient (Wildman–Crippen LogP) is 5.42. The van der Waals surface area contributed by atoms with Gasteiger partial charge in [-0.2, -0.15) is 0 Å². The third-order valence-corrected chi connectivity index (χ3v) is 5.70. The van der Waals surface area contributed by atoms with Crippen LogP contribution in [0.5, 0.6) is 5.75 Å². The maximum absolute atomic E-state index is 12.3. The average Bonchev–Trinajstić information content (AvgIpc) is 3.24. The van der Waals surface area contributed by atoms with Gasteiger partial charge in [0.15, 0.2) is 5.78 Å². The quantitative estimate of drug-likeness (QED) is 0.587. The fraction of sp³-hybridized carbons (Fsp3) is 0.417. The first kappa shape index (κ1) is 21.1. The summed E-state index contributed by atoms with van der Waals surface area (Å²) in [5.74, 6) is 2.02. The van der Waals surface area contributed by atoms with Crippen molar-refractivity contribution < 1.29 is 14.3 Å². The molecule has 1 fully saturated rings. The molecule has 1 unspecified atom stereocenters. The molecule has 154 valence electrons. The van der Waals surface area contributed by atoms with Gasteiger partial charge < -0.3 is 10.1 Å². The number of benzene rings is 2. The second-order valence-electron chi connectivity index (χ2n) is 7.91. The number of ketones is 1. The fourth-order valence-corrected chi connectivity index (χ4v) is 3.91. The second-order valence-corrected chi connectivity index (χ2v) is 7.91. The van der Waals surface area contributed by atoms with Crippen molar-refractivity contribution in [1.82, 2.24) is 5.32 Å². The molecule has 0 aromatic heterocycles. The molecular weight excluding hydrogens is 364 g/mol. The summed E-state index contributed by atoms with van der Waals surface area (Å²) >= 11 is 0. The smallest absolute Gasteiger partial charge is 0.410 e. The largest absolute Gasteiger partial charge is 0.417 e.